The van der Waals surface area contributed by atoms with Gasteiger partial charge in [0.2, 0.25) is 0 Å². The van der Waals surface area contributed by atoms with Gasteiger partial charge in [-0.3, -0.25) is 9.83 Å². The van der Waals surface area contributed by atoms with E-state index in [1.165, 1.54) is 5.01 Å². The van der Waals surface area contributed by atoms with Crippen LogP contribution in [0.2, 0.25) is 0 Å². The van der Waals surface area contributed by atoms with Gasteiger partial charge < -0.3 is 10.2 Å². The number of carbonyl (C=O) groups is 1. The summed E-state index contributed by atoms with van der Waals surface area (Å²) < 4.78 is 4.27. The van der Waals surface area contributed by atoms with Crippen molar-refractivity contribution in [3.05, 3.63) is 59.7 Å². The molecule has 2 aromatic carbocycles. The monoisotopic (exact) mass is 407 g/mol. The number of hydrogen-bond acceptors (Lipinski definition) is 7. The van der Waals surface area contributed by atoms with Gasteiger partial charge >= 0.3 is 29.6 Å². The van der Waals surface area contributed by atoms with Crippen LogP contribution in [0, 0.1) is 0 Å². The predicted octanol–water partition coefficient (Wildman–Crippen LogP) is -0.207. The molecular formula is C19H18N3NaO4S. The van der Waals surface area contributed by atoms with Crippen molar-refractivity contribution in [2.24, 2.45) is 5.10 Å². The molecule has 9 heteroatoms. The molecule has 28 heavy (non-hydrogen) atoms. The largest absolute Gasteiger partial charge is 1.00 e. The van der Waals surface area contributed by atoms with Crippen molar-refractivity contribution >= 4 is 41.1 Å². The van der Waals surface area contributed by atoms with Crippen LogP contribution in [0.4, 0.5) is 11.4 Å². The summed E-state index contributed by atoms with van der Waals surface area (Å²) >= 11 is 0.790. The maximum atomic E-state index is 12.8. The zero-order valence-corrected chi connectivity index (χ0v) is 18.9. The van der Waals surface area contributed by atoms with Gasteiger partial charge in [-0.15, -0.1) is 0 Å². The van der Waals surface area contributed by atoms with Crippen LogP contribution in [0.15, 0.2) is 64.1 Å². The van der Waals surface area contributed by atoms with Gasteiger partial charge in [0.05, 0.1) is 29.0 Å². The van der Waals surface area contributed by atoms with E-state index in [9.17, 15) is 10.1 Å². The van der Waals surface area contributed by atoms with E-state index in [4.69, 9.17) is 0 Å². The Hall–Kier alpha value is -1.65. The second-order valence-electron chi connectivity index (χ2n) is 6.06. The molecular weight excluding hydrogens is 389 g/mol. The minimum atomic E-state index is -0.191. The third-order valence-corrected chi connectivity index (χ3v) is 4.61. The van der Waals surface area contributed by atoms with E-state index in [0.29, 0.717) is 21.9 Å². The van der Waals surface area contributed by atoms with Gasteiger partial charge in [0, 0.05) is 24.7 Å². The Morgan fingerprint density at radius 3 is 2.32 bits per heavy atom. The molecule has 0 saturated heterocycles. The zero-order chi connectivity index (χ0) is 19.4. The second kappa shape index (κ2) is 10.2. The number of benzene rings is 2. The Bertz CT molecular complexity index is 883. The molecule has 1 aliphatic rings. The number of hydrazone groups is 1. The summed E-state index contributed by atoms with van der Waals surface area (Å²) in [6.45, 7) is 1.81. The molecule has 1 amide bonds. The first-order chi connectivity index (χ1) is 13.0. The molecule has 0 bridgehead atoms. The van der Waals surface area contributed by atoms with Gasteiger partial charge in [0.1, 0.15) is 0 Å². The summed E-state index contributed by atoms with van der Waals surface area (Å²) in [6, 6.07) is 14.8. The van der Waals surface area contributed by atoms with E-state index < -0.39 is 0 Å². The topological polar surface area (TPSA) is 77.4 Å². The van der Waals surface area contributed by atoms with Crippen LogP contribution in [0.3, 0.4) is 0 Å². The molecule has 0 fully saturated rings. The summed E-state index contributed by atoms with van der Waals surface area (Å²) in [6.07, 6.45) is 1.84. The van der Waals surface area contributed by atoms with E-state index >= 15 is 0 Å². The van der Waals surface area contributed by atoms with Crippen LogP contribution in [0.5, 0.6) is 0 Å². The van der Waals surface area contributed by atoms with Crippen LogP contribution in [-0.2, 0) is 14.2 Å². The van der Waals surface area contributed by atoms with Gasteiger partial charge in [0.25, 0.3) is 5.91 Å². The molecule has 2 aromatic rings. The molecule has 1 aliphatic heterocycles. The normalized spacial score (nSPS) is 14.9. The molecule has 0 saturated carbocycles. The average Bonchev–Trinajstić information content (AvgIpc) is 2.95. The second-order valence-corrected chi connectivity index (χ2v) is 6.83. The van der Waals surface area contributed by atoms with Crippen LogP contribution in [0.25, 0.3) is 6.08 Å². The van der Waals surface area contributed by atoms with Crippen molar-refractivity contribution in [3.63, 3.8) is 0 Å². The van der Waals surface area contributed by atoms with Crippen molar-refractivity contribution in [3.8, 4) is 0 Å². The molecule has 7 nitrogen and oxygen atoms in total. The fourth-order valence-electron chi connectivity index (χ4n) is 2.59. The van der Waals surface area contributed by atoms with E-state index in [2.05, 4.69) is 14.5 Å². The third-order valence-electron chi connectivity index (χ3n) is 4.02. The maximum absolute atomic E-state index is 12.8. The van der Waals surface area contributed by atoms with Crippen LogP contribution in [0.1, 0.15) is 12.5 Å². The van der Waals surface area contributed by atoms with E-state index in [-0.39, 0.29) is 35.5 Å². The summed E-state index contributed by atoms with van der Waals surface area (Å²) in [7, 11) is 3.96. The number of nitrogens with zero attached hydrogens (tertiary/aromatic N) is 3. The smallest absolute Gasteiger partial charge is 0.691 e. The van der Waals surface area contributed by atoms with Gasteiger partial charge in [-0.05, 0) is 55.0 Å². The number of rotatable bonds is 6. The van der Waals surface area contributed by atoms with Crippen LogP contribution in [-0.4, -0.2) is 25.7 Å². The van der Waals surface area contributed by atoms with E-state index in [0.717, 1.165) is 23.3 Å². The van der Waals surface area contributed by atoms with Crippen molar-refractivity contribution in [1.29, 1.82) is 0 Å². The van der Waals surface area contributed by atoms with Crippen molar-refractivity contribution in [2.45, 2.75) is 11.8 Å². The average molecular weight is 407 g/mol. The molecule has 0 aromatic heterocycles. The minimum Gasteiger partial charge on any atom is -0.691 e. The van der Waals surface area contributed by atoms with Gasteiger partial charge in [-0.1, -0.05) is 12.1 Å². The summed E-state index contributed by atoms with van der Waals surface area (Å²) in [4.78, 5) is 15.5. The molecule has 0 unspecified atom stereocenters. The molecule has 0 N–H and O–H groups in total. The van der Waals surface area contributed by atoms with Crippen molar-refractivity contribution < 1.29 is 49.0 Å². The summed E-state index contributed by atoms with van der Waals surface area (Å²) in [5.41, 5.74) is 3.85. The maximum Gasteiger partial charge on any atom is 1.00 e. The number of hydrogen-bond donors (Lipinski definition) is 0. The minimum absolute atomic E-state index is 0. The molecule has 0 spiro atoms. The summed E-state index contributed by atoms with van der Waals surface area (Å²) in [5.74, 6) is -0.191. The van der Waals surface area contributed by atoms with E-state index in [1.54, 1.807) is 24.3 Å². The Morgan fingerprint density at radius 2 is 1.75 bits per heavy atom. The van der Waals surface area contributed by atoms with Gasteiger partial charge in [-0.25, -0.2) is 0 Å². The fraction of sp³-hybridized carbons (Fsp3) is 0.158. The van der Waals surface area contributed by atoms with Gasteiger partial charge in [0.15, 0.2) is 0 Å². The molecule has 0 radical (unpaired) electrons. The zero-order valence-electron chi connectivity index (χ0n) is 16.1. The standard InChI is InChI=1S/C19H19N3O4S.Na/c1-13-18(12-14-4-6-15(7-5-14)21(2)3)19(23)22(20-13)16-8-10-17(11-9-16)27-26-25-24;/h4-12,24H,1-3H3;/q;+1/p-1/b18-12-;. The Kier molecular flexibility index (Phi) is 8.26. The van der Waals surface area contributed by atoms with Crippen molar-refractivity contribution in [2.75, 3.05) is 24.0 Å². The predicted molar refractivity (Wildman–Crippen MR) is 104 cm³/mol. The Morgan fingerprint density at radius 1 is 1.11 bits per heavy atom. The summed E-state index contributed by atoms with van der Waals surface area (Å²) in [5, 5.41) is 18.9. The first kappa shape index (κ1) is 22.6. The van der Waals surface area contributed by atoms with Crippen LogP contribution < -0.4 is 44.7 Å². The Labute approximate surface area is 190 Å². The molecule has 140 valence electrons. The SMILES string of the molecule is CC1=NN(c2ccc(SOO[O-])cc2)C(=O)/C1=C\c1ccc(N(C)C)cc1.[Na+]. The van der Waals surface area contributed by atoms with E-state index in [1.807, 2.05) is 56.3 Å². The first-order valence-corrected chi connectivity index (χ1v) is 8.86. The Balaban J connectivity index is 0.00000280. The fourth-order valence-corrected chi connectivity index (χ4v) is 2.94. The van der Waals surface area contributed by atoms with Gasteiger partial charge in [-0.2, -0.15) is 14.4 Å². The third kappa shape index (κ3) is 5.24. The van der Waals surface area contributed by atoms with Crippen LogP contribution >= 0.6 is 12.0 Å². The molecule has 0 atom stereocenters. The first-order valence-electron chi connectivity index (χ1n) is 8.12. The van der Waals surface area contributed by atoms with Crippen molar-refractivity contribution in [1.82, 2.24) is 0 Å². The molecule has 0 aliphatic carbocycles. The number of anilines is 2. The molecule has 3 rings (SSSR count). The molecule has 1 heterocycles. The number of carbonyl (C=O) groups excluding carboxylic acids is 1. The number of amides is 1. The quantitative estimate of drug-likeness (QED) is 0.217.